The second-order valence-corrected chi connectivity index (χ2v) is 8.44. The molecular formula is C14H21BrN2O4S. The Hall–Kier alpha value is -1.12. The molecule has 0 aliphatic rings. The van der Waals surface area contributed by atoms with Crippen molar-refractivity contribution in [1.29, 1.82) is 0 Å². The van der Waals surface area contributed by atoms with Crippen molar-refractivity contribution in [2.24, 2.45) is 0 Å². The topological polar surface area (TPSA) is 75.7 Å². The van der Waals surface area contributed by atoms with Gasteiger partial charge in [0, 0.05) is 24.6 Å². The van der Waals surface area contributed by atoms with Crippen LogP contribution in [0.5, 0.6) is 0 Å². The lowest BCUT2D eigenvalue weighted by Gasteiger charge is -2.24. The van der Waals surface area contributed by atoms with E-state index in [1.54, 1.807) is 40.0 Å². The molecule has 0 unspecified atom stereocenters. The van der Waals surface area contributed by atoms with Gasteiger partial charge in [-0.25, -0.2) is 17.9 Å². The maximum absolute atomic E-state index is 12.1. The number of ether oxygens (including phenoxy) is 1. The summed E-state index contributed by atoms with van der Waals surface area (Å²) in [5.41, 5.74) is -0.582. The number of hydrogen-bond acceptors (Lipinski definition) is 4. The predicted octanol–water partition coefficient (Wildman–Crippen LogP) is 2.59. The maximum atomic E-state index is 12.1. The molecule has 1 rings (SSSR count). The molecule has 0 radical (unpaired) electrons. The average molecular weight is 393 g/mol. The third-order valence-corrected chi connectivity index (χ3v) is 4.50. The van der Waals surface area contributed by atoms with E-state index in [1.165, 1.54) is 17.0 Å². The van der Waals surface area contributed by atoms with Crippen molar-refractivity contribution in [1.82, 2.24) is 9.62 Å². The van der Waals surface area contributed by atoms with Crippen LogP contribution in [0.2, 0.25) is 0 Å². The van der Waals surface area contributed by atoms with Crippen LogP contribution in [0, 0.1) is 0 Å². The molecule has 0 aromatic heterocycles. The number of nitrogens with zero attached hydrogens (tertiary/aromatic N) is 1. The highest BCUT2D eigenvalue weighted by Gasteiger charge is 2.20. The highest BCUT2D eigenvalue weighted by Crippen LogP contribution is 2.15. The van der Waals surface area contributed by atoms with Crippen molar-refractivity contribution in [3.8, 4) is 0 Å². The van der Waals surface area contributed by atoms with Crippen LogP contribution < -0.4 is 4.72 Å². The molecule has 1 amide bonds. The first-order valence-corrected chi connectivity index (χ1v) is 8.98. The van der Waals surface area contributed by atoms with Crippen molar-refractivity contribution in [2.75, 3.05) is 20.1 Å². The van der Waals surface area contributed by atoms with Gasteiger partial charge in [0.25, 0.3) is 0 Å². The summed E-state index contributed by atoms with van der Waals surface area (Å²) in [4.78, 5) is 13.2. The van der Waals surface area contributed by atoms with Gasteiger partial charge in [-0.3, -0.25) is 0 Å². The molecule has 22 heavy (non-hydrogen) atoms. The number of likely N-dealkylation sites (N-methyl/N-ethyl adjacent to an activating group) is 1. The van der Waals surface area contributed by atoms with Crippen molar-refractivity contribution in [2.45, 2.75) is 31.3 Å². The van der Waals surface area contributed by atoms with Gasteiger partial charge in [0.05, 0.1) is 4.90 Å². The van der Waals surface area contributed by atoms with E-state index < -0.39 is 21.7 Å². The summed E-state index contributed by atoms with van der Waals surface area (Å²) in [6.07, 6.45) is -0.492. The summed E-state index contributed by atoms with van der Waals surface area (Å²) in [6, 6.07) is 6.41. The fourth-order valence-electron chi connectivity index (χ4n) is 1.50. The number of nitrogens with one attached hydrogen (secondary N) is 1. The van der Waals surface area contributed by atoms with Gasteiger partial charge in [0.2, 0.25) is 10.0 Å². The Morgan fingerprint density at radius 1 is 1.36 bits per heavy atom. The van der Waals surface area contributed by atoms with Gasteiger partial charge < -0.3 is 9.64 Å². The van der Waals surface area contributed by atoms with Crippen LogP contribution in [-0.4, -0.2) is 45.1 Å². The molecule has 0 aliphatic carbocycles. The predicted molar refractivity (Wildman–Crippen MR) is 88.2 cm³/mol. The highest BCUT2D eigenvalue weighted by atomic mass is 79.9. The Morgan fingerprint density at radius 3 is 2.55 bits per heavy atom. The second-order valence-electron chi connectivity index (χ2n) is 5.76. The van der Waals surface area contributed by atoms with Gasteiger partial charge in [0.15, 0.2) is 0 Å². The molecule has 0 atom stereocenters. The van der Waals surface area contributed by atoms with E-state index >= 15 is 0 Å². The minimum Gasteiger partial charge on any atom is -0.444 e. The monoisotopic (exact) mass is 392 g/mol. The van der Waals surface area contributed by atoms with Crippen LogP contribution >= 0.6 is 15.9 Å². The number of benzene rings is 1. The molecule has 0 saturated carbocycles. The zero-order valence-corrected chi connectivity index (χ0v) is 15.5. The van der Waals surface area contributed by atoms with E-state index in [4.69, 9.17) is 4.74 Å². The lowest BCUT2D eigenvalue weighted by atomic mass is 10.2. The lowest BCUT2D eigenvalue weighted by molar-refractivity contribution is 0.0302. The first-order valence-electron chi connectivity index (χ1n) is 6.70. The Balaban J connectivity index is 2.54. The van der Waals surface area contributed by atoms with E-state index in [2.05, 4.69) is 20.7 Å². The summed E-state index contributed by atoms with van der Waals surface area (Å²) >= 11 is 3.23. The van der Waals surface area contributed by atoms with Gasteiger partial charge in [0.1, 0.15) is 5.60 Å². The molecule has 124 valence electrons. The number of halogens is 1. The van der Waals surface area contributed by atoms with E-state index in [0.717, 1.165) is 0 Å². The third kappa shape index (κ3) is 6.33. The van der Waals surface area contributed by atoms with E-state index in [9.17, 15) is 13.2 Å². The summed E-state index contributed by atoms with van der Waals surface area (Å²) in [7, 11) is -2.04. The average Bonchev–Trinajstić information content (AvgIpc) is 2.36. The Labute approximate surface area is 140 Å². The molecule has 6 nitrogen and oxygen atoms in total. The van der Waals surface area contributed by atoms with Gasteiger partial charge in [-0.05, 0) is 39.0 Å². The van der Waals surface area contributed by atoms with E-state index in [1.807, 2.05) is 0 Å². The van der Waals surface area contributed by atoms with Crippen molar-refractivity contribution in [3.63, 3.8) is 0 Å². The van der Waals surface area contributed by atoms with Crippen LogP contribution in [0.3, 0.4) is 0 Å². The van der Waals surface area contributed by atoms with Crippen LogP contribution in [0.25, 0.3) is 0 Å². The van der Waals surface area contributed by atoms with Gasteiger partial charge in [-0.1, -0.05) is 22.0 Å². The van der Waals surface area contributed by atoms with E-state index in [0.29, 0.717) is 4.47 Å². The molecule has 0 bridgehead atoms. The number of sulfonamides is 1. The molecule has 0 spiro atoms. The number of rotatable bonds is 5. The van der Waals surface area contributed by atoms with Crippen molar-refractivity contribution < 1.29 is 17.9 Å². The molecule has 1 aromatic carbocycles. The number of carbonyl (C=O) groups is 1. The summed E-state index contributed by atoms with van der Waals surface area (Å²) in [6.45, 7) is 5.63. The number of hydrogen-bond donors (Lipinski definition) is 1. The zero-order valence-electron chi connectivity index (χ0n) is 13.1. The zero-order chi connectivity index (χ0) is 17.0. The SMILES string of the molecule is CN(CCNS(=O)(=O)c1cccc(Br)c1)C(=O)OC(C)(C)C. The third-order valence-electron chi connectivity index (χ3n) is 2.55. The Kier molecular flexibility index (Phi) is 6.39. The first-order chi connectivity index (χ1) is 10.0. The van der Waals surface area contributed by atoms with Crippen LogP contribution in [0.1, 0.15) is 20.8 Å². The van der Waals surface area contributed by atoms with E-state index in [-0.39, 0.29) is 18.0 Å². The minimum atomic E-state index is -3.60. The Morgan fingerprint density at radius 2 is 2.00 bits per heavy atom. The molecule has 1 aromatic rings. The van der Waals surface area contributed by atoms with Crippen LogP contribution in [-0.2, 0) is 14.8 Å². The smallest absolute Gasteiger partial charge is 0.410 e. The molecule has 8 heteroatoms. The maximum Gasteiger partial charge on any atom is 0.410 e. The fraction of sp³-hybridized carbons (Fsp3) is 0.500. The van der Waals surface area contributed by atoms with Crippen molar-refractivity contribution in [3.05, 3.63) is 28.7 Å². The molecule has 1 N–H and O–H groups in total. The van der Waals surface area contributed by atoms with Crippen LogP contribution in [0.15, 0.2) is 33.6 Å². The van der Waals surface area contributed by atoms with Gasteiger partial charge in [-0.15, -0.1) is 0 Å². The van der Waals surface area contributed by atoms with Crippen molar-refractivity contribution >= 4 is 32.0 Å². The van der Waals surface area contributed by atoms with Crippen LogP contribution in [0.4, 0.5) is 4.79 Å². The standard InChI is InChI=1S/C14H21BrN2O4S/c1-14(2,3)21-13(18)17(4)9-8-16-22(19,20)12-7-5-6-11(15)10-12/h5-7,10,16H,8-9H2,1-4H3. The largest absolute Gasteiger partial charge is 0.444 e. The molecule has 0 saturated heterocycles. The summed E-state index contributed by atoms with van der Waals surface area (Å²) in [5, 5.41) is 0. The normalized spacial score (nSPS) is 12.0. The molecular weight excluding hydrogens is 372 g/mol. The second kappa shape index (κ2) is 7.43. The quantitative estimate of drug-likeness (QED) is 0.835. The van der Waals surface area contributed by atoms with Gasteiger partial charge >= 0.3 is 6.09 Å². The van der Waals surface area contributed by atoms with Gasteiger partial charge in [-0.2, -0.15) is 0 Å². The molecule has 0 heterocycles. The fourth-order valence-corrected chi connectivity index (χ4v) is 3.11. The number of carbonyl (C=O) groups excluding carboxylic acids is 1. The molecule has 0 fully saturated rings. The first kappa shape index (κ1) is 18.9. The molecule has 0 aliphatic heterocycles. The number of amides is 1. The Bertz CT molecular complexity index is 626. The minimum absolute atomic E-state index is 0.102. The summed E-state index contributed by atoms with van der Waals surface area (Å²) in [5.74, 6) is 0. The lowest BCUT2D eigenvalue weighted by Crippen LogP contribution is -2.39. The highest BCUT2D eigenvalue weighted by molar-refractivity contribution is 9.10. The summed E-state index contributed by atoms with van der Waals surface area (Å²) < 4.78 is 32.5.